The minimum Gasteiger partial charge on any atom is -0.351 e. The molecule has 0 radical (unpaired) electrons. The van der Waals surface area contributed by atoms with E-state index in [0.717, 1.165) is 56.3 Å². The lowest BCUT2D eigenvalue weighted by molar-refractivity contribution is 0.0546. The average molecular weight is 432 g/mol. The van der Waals surface area contributed by atoms with Gasteiger partial charge in [-0.05, 0) is 83.7 Å². The molecule has 1 N–H and O–H groups in total. The van der Waals surface area contributed by atoms with Crippen molar-refractivity contribution < 1.29 is 4.79 Å². The second-order valence-corrected chi connectivity index (χ2v) is 10.0. The van der Waals surface area contributed by atoms with Crippen LogP contribution in [0.15, 0.2) is 54.6 Å². The number of nitrogens with one attached hydrogen (secondary N) is 1. The van der Waals surface area contributed by atoms with Gasteiger partial charge < -0.3 is 9.88 Å². The number of carbonyl (C=O) groups is 1. The molecule has 0 unspecified atom stereocenters. The number of fused-ring (bicyclic) bond motifs is 1. The van der Waals surface area contributed by atoms with Gasteiger partial charge in [0.25, 0.3) is 5.91 Å². The van der Waals surface area contributed by atoms with Gasteiger partial charge in [-0.1, -0.05) is 48.0 Å². The highest BCUT2D eigenvalue weighted by Gasteiger charge is 2.32. The number of piperidine rings is 1. The highest BCUT2D eigenvalue weighted by atomic mass is 16.2. The number of carbonyl (C=O) groups excluding carboxylic acids is 1. The molecule has 1 fully saturated rings. The molecule has 32 heavy (non-hydrogen) atoms. The second kappa shape index (κ2) is 9.50. The van der Waals surface area contributed by atoms with Crippen LogP contribution < -0.4 is 0 Å². The van der Waals surface area contributed by atoms with Crippen molar-refractivity contribution in [1.82, 2.24) is 14.8 Å². The highest BCUT2D eigenvalue weighted by Crippen LogP contribution is 2.28. The van der Waals surface area contributed by atoms with Crippen LogP contribution in [-0.4, -0.2) is 52.4 Å². The Kier molecular flexibility index (Phi) is 6.71. The van der Waals surface area contributed by atoms with E-state index in [9.17, 15) is 4.79 Å². The molecule has 1 aliphatic rings. The lowest BCUT2D eigenvalue weighted by Crippen LogP contribution is -2.50. The molecule has 4 nitrogen and oxygen atoms in total. The fourth-order valence-corrected chi connectivity index (χ4v) is 5.06. The van der Waals surface area contributed by atoms with E-state index >= 15 is 0 Å². The van der Waals surface area contributed by atoms with Crippen molar-refractivity contribution in [3.8, 4) is 0 Å². The van der Waals surface area contributed by atoms with Crippen molar-refractivity contribution in [1.29, 1.82) is 0 Å². The van der Waals surface area contributed by atoms with Crippen LogP contribution in [0.5, 0.6) is 0 Å². The topological polar surface area (TPSA) is 39.3 Å². The number of aromatic nitrogens is 1. The normalized spacial score (nSPS) is 15.9. The van der Waals surface area contributed by atoms with Crippen molar-refractivity contribution in [2.45, 2.75) is 52.5 Å². The Hall–Kier alpha value is -2.59. The summed E-state index contributed by atoms with van der Waals surface area (Å²) < 4.78 is 0. The van der Waals surface area contributed by atoms with Gasteiger partial charge in [0, 0.05) is 29.5 Å². The smallest absolute Gasteiger partial charge is 0.270 e. The summed E-state index contributed by atoms with van der Waals surface area (Å²) in [5.41, 5.74) is 4.59. The number of aryl methyl sites for hydroxylation is 1. The van der Waals surface area contributed by atoms with Crippen molar-refractivity contribution in [3.05, 3.63) is 71.4 Å². The third-order valence-corrected chi connectivity index (χ3v) is 7.14. The summed E-state index contributed by atoms with van der Waals surface area (Å²) in [7, 11) is 0. The fourth-order valence-electron chi connectivity index (χ4n) is 5.06. The molecule has 4 rings (SSSR count). The monoisotopic (exact) mass is 431 g/mol. The first kappa shape index (κ1) is 22.6. The molecule has 1 saturated heterocycles. The van der Waals surface area contributed by atoms with Crippen LogP contribution in [0.4, 0.5) is 0 Å². The van der Waals surface area contributed by atoms with E-state index in [1.54, 1.807) is 0 Å². The molecule has 0 saturated carbocycles. The number of rotatable bonds is 7. The summed E-state index contributed by atoms with van der Waals surface area (Å²) in [4.78, 5) is 21.1. The maximum absolute atomic E-state index is 13.2. The quantitative estimate of drug-likeness (QED) is 0.523. The van der Waals surface area contributed by atoms with E-state index < -0.39 is 0 Å². The van der Waals surface area contributed by atoms with Crippen LogP contribution >= 0.6 is 0 Å². The largest absolute Gasteiger partial charge is 0.351 e. The van der Waals surface area contributed by atoms with Gasteiger partial charge >= 0.3 is 0 Å². The van der Waals surface area contributed by atoms with E-state index in [1.807, 2.05) is 35.2 Å². The molecule has 0 atom stereocenters. The number of hydrogen-bond acceptors (Lipinski definition) is 2. The summed E-state index contributed by atoms with van der Waals surface area (Å²) in [6.45, 7) is 12.7. The van der Waals surface area contributed by atoms with E-state index in [2.05, 4.69) is 61.8 Å². The number of para-hydroxylation sites is 1. The highest BCUT2D eigenvalue weighted by molar-refractivity contribution is 5.98. The zero-order chi connectivity index (χ0) is 22.7. The number of likely N-dealkylation sites (tertiary alicyclic amines) is 1. The average Bonchev–Trinajstić information content (AvgIpc) is 3.23. The molecule has 2 aromatic carbocycles. The number of hydrogen-bond donors (Lipinski definition) is 1. The molecule has 2 heterocycles. The first-order valence-corrected chi connectivity index (χ1v) is 12.0. The third kappa shape index (κ3) is 5.07. The lowest BCUT2D eigenvalue weighted by atomic mass is 9.88. The SMILES string of the molecule is CCN(CC1CCN(C(C)(C)Cc2ccc(C)cc2)CC1)C(=O)c1cc2ccccc2[nH]1. The molecular weight excluding hydrogens is 394 g/mol. The van der Waals surface area contributed by atoms with Crippen LogP contribution in [0.3, 0.4) is 0 Å². The van der Waals surface area contributed by atoms with E-state index in [1.165, 1.54) is 11.1 Å². The van der Waals surface area contributed by atoms with Crippen LogP contribution in [-0.2, 0) is 6.42 Å². The van der Waals surface area contributed by atoms with Gasteiger partial charge in [0.2, 0.25) is 0 Å². The Balaban J connectivity index is 1.33. The summed E-state index contributed by atoms with van der Waals surface area (Å²) in [5.74, 6) is 0.681. The maximum atomic E-state index is 13.2. The molecular formula is C28H37N3O. The Labute approximate surface area is 192 Å². The molecule has 1 aromatic heterocycles. The number of aromatic amines is 1. The van der Waals surface area contributed by atoms with E-state index in [-0.39, 0.29) is 11.4 Å². The molecule has 0 aliphatic carbocycles. The molecule has 170 valence electrons. The first-order valence-electron chi connectivity index (χ1n) is 12.0. The van der Waals surface area contributed by atoms with Crippen LogP contribution in [0.25, 0.3) is 10.9 Å². The minimum atomic E-state index is 0.117. The summed E-state index contributed by atoms with van der Waals surface area (Å²) in [5, 5.41) is 1.09. The molecule has 4 heteroatoms. The van der Waals surface area contributed by atoms with E-state index in [0.29, 0.717) is 11.6 Å². The van der Waals surface area contributed by atoms with Crippen molar-refractivity contribution in [3.63, 3.8) is 0 Å². The lowest BCUT2D eigenvalue weighted by Gasteiger charge is -2.44. The Bertz CT molecular complexity index is 1010. The molecule has 1 aliphatic heterocycles. The Morgan fingerprint density at radius 3 is 2.44 bits per heavy atom. The Morgan fingerprint density at radius 2 is 1.78 bits per heavy atom. The first-order chi connectivity index (χ1) is 15.4. The Morgan fingerprint density at radius 1 is 1.09 bits per heavy atom. The third-order valence-electron chi connectivity index (χ3n) is 7.14. The van der Waals surface area contributed by atoms with E-state index in [4.69, 9.17) is 0 Å². The molecule has 0 spiro atoms. The predicted octanol–water partition coefficient (Wildman–Crippen LogP) is 5.67. The van der Waals surface area contributed by atoms with Crippen molar-refractivity contribution in [2.24, 2.45) is 5.92 Å². The predicted molar refractivity (Wildman–Crippen MR) is 133 cm³/mol. The van der Waals surface area contributed by atoms with Crippen LogP contribution in [0.2, 0.25) is 0 Å². The van der Waals surface area contributed by atoms with Gasteiger partial charge in [0.15, 0.2) is 0 Å². The van der Waals surface area contributed by atoms with Crippen LogP contribution in [0, 0.1) is 12.8 Å². The zero-order valence-electron chi connectivity index (χ0n) is 20.0. The van der Waals surface area contributed by atoms with Crippen LogP contribution in [0.1, 0.15) is 55.2 Å². The summed E-state index contributed by atoms with van der Waals surface area (Å²) in [6, 6.07) is 19.0. The number of amides is 1. The summed E-state index contributed by atoms with van der Waals surface area (Å²) >= 11 is 0. The second-order valence-electron chi connectivity index (χ2n) is 10.0. The summed E-state index contributed by atoms with van der Waals surface area (Å²) in [6.07, 6.45) is 3.36. The van der Waals surface area contributed by atoms with Gasteiger partial charge in [-0.15, -0.1) is 0 Å². The maximum Gasteiger partial charge on any atom is 0.270 e. The van der Waals surface area contributed by atoms with Gasteiger partial charge in [-0.2, -0.15) is 0 Å². The van der Waals surface area contributed by atoms with Crippen molar-refractivity contribution >= 4 is 16.8 Å². The number of nitrogens with zero attached hydrogens (tertiary/aromatic N) is 2. The molecule has 0 bridgehead atoms. The zero-order valence-corrected chi connectivity index (χ0v) is 20.0. The minimum absolute atomic E-state index is 0.117. The molecule has 1 amide bonds. The van der Waals surface area contributed by atoms with Gasteiger partial charge in [0.05, 0.1) is 0 Å². The van der Waals surface area contributed by atoms with Gasteiger partial charge in [0.1, 0.15) is 5.69 Å². The fraction of sp³-hybridized carbons (Fsp3) is 0.464. The number of benzene rings is 2. The number of H-pyrrole nitrogens is 1. The van der Waals surface area contributed by atoms with Crippen molar-refractivity contribution in [2.75, 3.05) is 26.2 Å². The molecule has 3 aromatic rings. The van der Waals surface area contributed by atoms with Gasteiger partial charge in [-0.3, -0.25) is 9.69 Å². The van der Waals surface area contributed by atoms with Gasteiger partial charge in [-0.25, -0.2) is 0 Å². The standard InChI is InChI=1S/C28H37N3O/c1-5-30(27(32)26-18-24-8-6-7-9-25(24)29-26)20-23-14-16-31(17-15-23)28(3,4)19-22-12-10-21(2)11-13-22/h6-13,18,23,29H,5,14-17,19-20H2,1-4H3.